The molecule has 7 nitrogen and oxygen atoms in total. The van der Waals surface area contributed by atoms with Crippen LogP contribution in [0.2, 0.25) is 0 Å². The van der Waals surface area contributed by atoms with Crippen LogP contribution in [0.1, 0.15) is 17.4 Å². The predicted molar refractivity (Wildman–Crippen MR) is 101 cm³/mol. The van der Waals surface area contributed by atoms with Gasteiger partial charge in [0, 0.05) is 25.5 Å². The predicted octanol–water partition coefficient (Wildman–Crippen LogP) is 2.18. The van der Waals surface area contributed by atoms with Crippen LogP contribution in [0, 0.1) is 0 Å². The zero-order valence-corrected chi connectivity index (χ0v) is 15.7. The van der Waals surface area contributed by atoms with Crippen LogP contribution in [0.15, 0.2) is 45.7 Å². The first-order valence-corrected chi connectivity index (χ1v) is 9.40. The number of aromatic nitrogens is 1. The number of nitrogens with zero attached hydrogens (tertiary/aromatic N) is 4. The lowest BCUT2D eigenvalue weighted by molar-refractivity contribution is 0.0515. The van der Waals surface area contributed by atoms with Gasteiger partial charge in [-0.15, -0.1) is 11.3 Å². The highest BCUT2D eigenvalue weighted by molar-refractivity contribution is 7.07. The first-order valence-electron chi connectivity index (χ1n) is 8.52. The maximum Gasteiger partial charge on any atom is 0.355 e. The van der Waals surface area contributed by atoms with Gasteiger partial charge >= 0.3 is 5.97 Å². The van der Waals surface area contributed by atoms with E-state index in [4.69, 9.17) is 19.5 Å². The molecule has 0 N–H and O–H groups in total. The van der Waals surface area contributed by atoms with Crippen molar-refractivity contribution in [3.05, 3.63) is 46.2 Å². The average Bonchev–Trinajstić information content (AvgIpc) is 3.03. The van der Waals surface area contributed by atoms with Gasteiger partial charge in [-0.3, -0.25) is 0 Å². The lowest BCUT2D eigenvalue weighted by Gasteiger charge is -2.27. The van der Waals surface area contributed by atoms with E-state index in [9.17, 15) is 4.79 Å². The zero-order chi connectivity index (χ0) is 18.4. The third kappa shape index (κ3) is 4.39. The molecule has 26 heavy (non-hydrogen) atoms. The summed E-state index contributed by atoms with van der Waals surface area (Å²) in [6.45, 7) is 4.89. The van der Waals surface area contributed by atoms with E-state index in [-0.39, 0.29) is 5.97 Å². The smallest absolute Gasteiger partial charge is 0.355 e. The van der Waals surface area contributed by atoms with Crippen LogP contribution in [0.5, 0.6) is 0 Å². The summed E-state index contributed by atoms with van der Waals surface area (Å²) in [5, 5.41) is 1.76. The topological polar surface area (TPSA) is 68.4 Å². The lowest BCUT2D eigenvalue weighted by Crippen LogP contribution is -2.40. The van der Waals surface area contributed by atoms with Crippen molar-refractivity contribution in [2.75, 3.05) is 32.9 Å². The van der Waals surface area contributed by atoms with E-state index in [1.165, 1.54) is 11.3 Å². The highest BCUT2D eigenvalue weighted by Gasteiger charge is 2.17. The molecule has 0 radical (unpaired) electrons. The van der Waals surface area contributed by atoms with Crippen LogP contribution in [-0.4, -0.2) is 54.3 Å². The van der Waals surface area contributed by atoms with Crippen LogP contribution < -0.4 is 4.80 Å². The molecule has 0 aliphatic carbocycles. The van der Waals surface area contributed by atoms with Gasteiger partial charge in [0.1, 0.15) is 5.69 Å². The van der Waals surface area contributed by atoms with Gasteiger partial charge in [-0.1, -0.05) is 18.2 Å². The molecule has 0 atom stereocenters. The number of hydrogen-bond donors (Lipinski definition) is 0. The van der Waals surface area contributed by atoms with Crippen LogP contribution in [-0.2, 0) is 16.5 Å². The largest absolute Gasteiger partial charge is 0.461 e. The Bertz CT molecular complexity index is 836. The number of aliphatic imine (C=N–C) groups is 1. The number of para-hydroxylation sites is 1. The fraction of sp³-hybridized carbons (Fsp3) is 0.389. The number of thiazole rings is 1. The summed E-state index contributed by atoms with van der Waals surface area (Å²) in [5.74, 6) is 0.271. The maximum atomic E-state index is 12.0. The molecule has 8 heteroatoms. The number of rotatable bonds is 3. The second-order valence-electron chi connectivity index (χ2n) is 5.64. The highest BCUT2D eigenvalue weighted by Crippen LogP contribution is 2.13. The fourth-order valence-corrected chi connectivity index (χ4v) is 3.36. The minimum Gasteiger partial charge on any atom is -0.461 e. The molecule has 2 heterocycles. The molecule has 0 bridgehead atoms. The van der Waals surface area contributed by atoms with Crippen LogP contribution >= 0.6 is 11.3 Å². The van der Waals surface area contributed by atoms with Crippen molar-refractivity contribution in [1.29, 1.82) is 0 Å². The van der Waals surface area contributed by atoms with Crippen LogP contribution in [0.4, 0.5) is 5.69 Å². The Hall–Kier alpha value is -2.45. The second kappa shape index (κ2) is 8.77. The van der Waals surface area contributed by atoms with Crippen molar-refractivity contribution in [2.45, 2.75) is 6.92 Å². The van der Waals surface area contributed by atoms with Gasteiger partial charge in [-0.05, 0) is 19.1 Å². The van der Waals surface area contributed by atoms with Gasteiger partial charge in [0.15, 0.2) is 4.80 Å². The summed E-state index contributed by atoms with van der Waals surface area (Å²) >= 11 is 1.39. The van der Waals surface area contributed by atoms with E-state index in [1.54, 1.807) is 23.9 Å². The zero-order valence-electron chi connectivity index (χ0n) is 14.9. The molecular formula is C18H22N4O3S. The Balaban J connectivity index is 1.99. The summed E-state index contributed by atoms with van der Waals surface area (Å²) in [4.78, 5) is 24.2. The summed E-state index contributed by atoms with van der Waals surface area (Å²) in [6.07, 6.45) is 0. The van der Waals surface area contributed by atoms with Crippen molar-refractivity contribution in [3.8, 4) is 0 Å². The Labute approximate surface area is 156 Å². The summed E-state index contributed by atoms with van der Waals surface area (Å²) in [6, 6.07) is 9.72. The van der Waals surface area contributed by atoms with E-state index in [0.29, 0.717) is 36.3 Å². The number of morpholine rings is 1. The van der Waals surface area contributed by atoms with Crippen molar-refractivity contribution in [1.82, 2.24) is 9.47 Å². The van der Waals surface area contributed by atoms with Gasteiger partial charge in [0.2, 0.25) is 5.96 Å². The average molecular weight is 374 g/mol. The summed E-state index contributed by atoms with van der Waals surface area (Å²) in [7, 11) is 1.81. The molecule has 1 aliphatic rings. The molecule has 0 unspecified atom stereocenters. The molecular weight excluding hydrogens is 352 g/mol. The molecule has 138 valence electrons. The Morgan fingerprint density at radius 3 is 2.69 bits per heavy atom. The first-order chi connectivity index (χ1) is 12.7. The number of hydrogen-bond acceptors (Lipinski definition) is 5. The molecule has 1 aliphatic heterocycles. The molecule has 1 fully saturated rings. The van der Waals surface area contributed by atoms with E-state index < -0.39 is 0 Å². The molecule has 0 amide bonds. The standard InChI is InChI=1S/C18H22N4O3S/c1-3-25-16(23)15-13-26-18(21(15)2)20-17(22-9-11-24-12-10-22)19-14-7-5-4-6-8-14/h4-8,13H,3,9-12H2,1-2H3. The number of guanidine groups is 1. The molecule has 1 saturated heterocycles. The number of carbonyl (C=O) groups excluding carboxylic acids is 1. The third-order valence-electron chi connectivity index (χ3n) is 3.88. The molecule has 1 aromatic heterocycles. The minimum atomic E-state index is -0.347. The van der Waals surface area contributed by atoms with E-state index in [1.807, 2.05) is 30.3 Å². The quantitative estimate of drug-likeness (QED) is 0.469. The van der Waals surface area contributed by atoms with Crippen LogP contribution in [0.25, 0.3) is 0 Å². The molecule has 1 aromatic carbocycles. The highest BCUT2D eigenvalue weighted by atomic mass is 32.1. The molecule has 2 aromatic rings. The van der Waals surface area contributed by atoms with Crippen molar-refractivity contribution >= 4 is 29.0 Å². The monoisotopic (exact) mass is 374 g/mol. The molecule has 0 saturated carbocycles. The number of ether oxygens (including phenoxy) is 2. The van der Waals surface area contributed by atoms with Crippen LogP contribution in [0.3, 0.4) is 0 Å². The lowest BCUT2D eigenvalue weighted by atomic mass is 10.3. The minimum absolute atomic E-state index is 0.343. The number of carbonyl (C=O) groups is 1. The Morgan fingerprint density at radius 2 is 2.00 bits per heavy atom. The third-order valence-corrected chi connectivity index (χ3v) is 4.80. The Morgan fingerprint density at radius 1 is 1.27 bits per heavy atom. The van der Waals surface area contributed by atoms with E-state index >= 15 is 0 Å². The number of esters is 1. The van der Waals surface area contributed by atoms with Gasteiger partial charge in [0.25, 0.3) is 0 Å². The first kappa shape index (κ1) is 18.3. The van der Waals surface area contributed by atoms with Gasteiger partial charge in [0.05, 0.1) is 25.5 Å². The summed E-state index contributed by atoms with van der Waals surface area (Å²) in [5.41, 5.74) is 1.32. The van der Waals surface area contributed by atoms with Gasteiger partial charge < -0.3 is 18.9 Å². The number of benzene rings is 1. The van der Waals surface area contributed by atoms with Crippen molar-refractivity contribution in [3.63, 3.8) is 0 Å². The van der Waals surface area contributed by atoms with Gasteiger partial charge in [-0.25, -0.2) is 9.79 Å². The Kier molecular flexibility index (Phi) is 6.19. The SMILES string of the molecule is CCOC(=O)c1csc(=NC(=Nc2ccccc2)N2CCOCC2)n1C. The summed E-state index contributed by atoms with van der Waals surface area (Å²) < 4.78 is 12.3. The van der Waals surface area contributed by atoms with E-state index in [2.05, 4.69) is 4.90 Å². The van der Waals surface area contributed by atoms with Crippen molar-refractivity contribution in [2.24, 2.45) is 17.0 Å². The van der Waals surface area contributed by atoms with Gasteiger partial charge in [-0.2, -0.15) is 4.99 Å². The second-order valence-corrected chi connectivity index (χ2v) is 6.48. The van der Waals surface area contributed by atoms with E-state index in [0.717, 1.165) is 18.8 Å². The molecule has 0 spiro atoms. The van der Waals surface area contributed by atoms with Crippen molar-refractivity contribution < 1.29 is 14.3 Å². The fourth-order valence-electron chi connectivity index (χ4n) is 2.49. The normalized spacial score (nSPS) is 16.0. The molecule has 3 rings (SSSR count). The maximum absolute atomic E-state index is 12.0.